The Morgan fingerprint density at radius 3 is 2.57 bits per heavy atom. The van der Waals surface area contributed by atoms with Crippen molar-refractivity contribution in [3.63, 3.8) is 0 Å². The largest absolute Gasteiger partial charge is 0.353 e. The average Bonchev–Trinajstić information content (AvgIpc) is 2.75. The molecule has 1 aromatic heterocycles. The number of nitro groups is 1. The van der Waals surface area contributed by atoms with Crippen LogP contribution in [0.3, 0.4) is 0 Å². The van der Waals surface area contributed by atoms with Gasteiger partial charge in [-0.05, 0) is 25.1 Å². The number of amides is 3. The zero-order valence-electron chi connectivity index (χ0n) is 16.7. The summed E-state index contributed by atoms with van der Waals surface area (Å²) < 4.78 is 0. The monoisotopic (exact) mass is 412 g/mol. The fraction of sp³-hybridized carbons (Fsp3) is 0.350. The van der Waals surface area contributed by atoms with E-state index in [-0.39, 0.29) is 24.6 Å². The predicted molar refractivity (Wildman–Crippen MR) is 113 cm³/mol. The SMILES string of the molecule is Cc1c(NC(=O)NCCC(=O)N2CCN(c3ccccn3)CC2)cccc1[N+](=O)[O-]. The fourth-order valence-corrected chi connectivity index (χ4v) is 3.29. The second-order valence-corrected chi connectivity index (χ2v) is 6.89. The summed E-state index contributed by atoms with van der Waals surface area (Å²) in [6.07, 6.45) is 1.93. The number of carbonyl (C=O) groups excluding carboxylic acids is 2. The van der Waals surface area contributed by atoms with E-state index >= 15 is 0 Å². The highest BCUT2D eigenvalue weighted by Gasteiger charge is 2.21. The Labute approximate surface area is 174 Å². The lowest BCUT2D eigenvalue weighted by Crippen LogP contribution is -2.49. The van der Waals surface area contributed by atoms with Crippen molar-refractivity contribution in [2.45, 2.75) is 13.3 Å². The Morgan fingerprint density at radius 2 is 1.90 bits per heavy atom. The Balaban J connectivity index is 1.41. The third-order valence-corrected chi connectivity index (χ3v) is 4.98. The average molecular weight is 412 g/mol. The molecule has 1 aromatic carbocycles. The molecule has 10 heteroatoms. The minimum absolute atomic E-state index is 0.0255. The lowest BCUT2D eigenvalue weighted by molar-refractivity contribution is -0.385. The van der Waals surface area contributed by atoms with Crippen molar-refractivity contribution in [1.29, 1.82) is 0 Å². The van der Waals surface area contributed by atoms with Crippen molar-refractivity contribution in [2.24, 2.45) is 0 Å². The van der Waals surface area contributed by atoms with E-state index < -0.39 is 11.0 Å². The Bertz CT molecular complexity index is 913. The highest BCUT2D eigenvalue weighted by Crippen LogP contribution is 2.24. The van der Waals surface area contributed by atoms with Crippen molar-refractivity contribution >= 4 is 29.1 Å². The Hall–Kier alpha value is -3.69. The molecule has 1 saturated heterocycles. The lowest BCUT2D eigenvalue weighted by atomic mass is 10.1. The molecule has 158 valence electrons. The first kappa shape index (κ1) is 21.0. The summed E-state index contributed by atoms with van der Waals surface area (Å²) in [6.45, 7) is 4.38. The number of anilines is 2. The molecule has 2 N–H and O–H groups in total. The van der Waals surface area contributed by atoms with Gasteiger partial charge in [0, 0.05) is 51.4 Å². The molecule has 0 unspecified atom stereocenters. The number of rotatable bonds is 6. The van der Waals surface area contributed by atoms with Crippen molar-refractivity contribution in [2.75, 3.05) is 42.9 Å². The molecule has 0 atom stereocenters. The maximum atomic E-state index is 12.4. The van der Waals surface area contributed by atoms with E-state index in [0.29, 0.717) is 37.4 Å². The van der Waals surface area contributed by atoms with Crippen LogP contribution in [0.4, 0.5) is 22.0 Å². The van der Waals surface area contributed by atoms with Crippen LogP contribution >= 0.6 is 0 Å². The van der Waals surface area contributed by atoms with Gasteiger partial charge in [0.05, 0.1) is 16.2 Å². The van der Waals surface area contributed by atoms with Gasteiger partial charge in [-0.25, -0.2) is 9.78 Å². The van der Waals surface area contributed by atoms with Gasteiger partial charge in [-0.2, -0.15) is 0 Å². The van der Waals surface area contributed by atoms with Crippen LogP contribution in [0.15, 0.2) is 42.6 Å². The van der Waals surface area contributed by atoms with Crippen LogP contribution in [0, 0.1) is 17.0 Å². The number of hydrogen-bond donors (Lipinski definition) is 2. The van der Waals surface area contributed by atoms with Gasteiger partial charge in [0.1, 0.15) is 5.82 Å². The topological polar surface area (TPSA) is 121 Å². The van der Waals surface area contributed by atoms with Crippen LogP contribution < -0.4 is 15.5 Å². The zero-order valence-corrected chi connectivity index (χ0v) is 16.7. The highest BCUT2D eigenvalue weighted by molar-refractivity contribution is 5.91. The number of nitro benzene ring substituents is 1. The van der Waals surface area contributed by atoms with Gasteiger partial charge in [0.2, 0.25) is 5.91 Å². The molecule has 3 rings (SSSR count). The summed E-state index contributed by atoms with van der Waals surface area (Å²) in [4.78, 5) is 43.2. The molecule has 1 aliphatic heterocycles. The van der Waals surface area contributed by atoms with Gasteiger partial charge in [0.25, 0.3) is 5.69 Å². The third-order valence-electron chi connectivity index (χ3n) is 4.98. The number of urea groups is 1. The molecule has 0 radical (unpaired) electrons. The summed E-state index contributed by atoms with van der Waals surface area (Å²) in [5, 5.41) is 16.2. The fourth-order valence-electron chi connectivity index (χ4n) is 3.29. The van der Waals surface area contributed by atoms with Crippen molar-refractivity contribution < 1.29 is 14.5 Å². The summed E-state index contributed by atoms with van der Waals surface area (Å²) in [5.74, 6) is 0.877. The van der Waals surface area contributed by atoms with Crippen LogP contribution in [-0.4, -0.2) is 59.5 Å². The molecule has 0 saturated carbocycles. The van der Waals surface area contributed by atoms with Gasteiger partial charge in [-0.1, -0.05) is 12.1 Å². The van der Waals surface area contributed by atoms with Gasteiger partial charge in [-0.3, -0.25) is 14.9 Å². The quantitative estimate of drug-likeness (QED) is 0.554. The normalized spacial score (nSPS) is 13.6. The van der Waals surface area contributed by atoms with Gasteiger partial charge < -0.3 is 20.4 Å². The maximum absolute atomic E-state index is 12.4. The number of nitrogens with one attached hydrogen (secondary N) is 2. The predicted octanol–water partition coefficient (Wildman–Crippen LogP) is 2.16. The van der Waals surface area contributed by atoms with Gasteiger partial charge in [0.15, 0.2) is 0 Å². The Kier molecular flexibility index (Phi) is 6.79. The molecule has 0 aliphatic carbocycles. The molecule has 10 nitrogen and oxygen atoms in total. The van der Waals surface area contributed by atoms with E-state index in [0.717, 1.165) is 5.82 Å². The Morgan fingerprint density at radius 1 is 1.13 bits per heavy atom. The van der Waals surface area contributed by atoms with E-state index in [2.05, 4.69) is 20.5 Å². The van der Waals surface area contributed by atoms with Crippen LogP contribution in [-0.2, 0) is 4.79 Å². The highest BCUT2D eigenvalue weighted by atomic mass is 16.6. The maximum Gasteiger partial charge on any atom is 0.319 e. The second-order valence-electron chi connectivity index (χ2n) is 6.89. The molecular weight excluding hydrogens is 388 g/mol. The molecule has 0 spiro atoms. The number of benzene rings is 1. The van der Waals surface area contributed by atoms with E-state index in [9.17, 15) is 19.7 Å². The van der Waals surface area contributed by atoms with Crippen molar-refractivity contribution in [1.82, 2.24) is 15.2 Å². The first-order chi connectivity index (χ1) is 14.5. The first-order valence-electron chi connectivity index (χ1n) is 9.68. The van der Waals surface area contributed by atoms with Crippen LogP contribution in [0.1, 0.15) is 12.0 Å². The summed E-state index contributed by atoms with van der Waals surface area (Å²) >= 11 is 0. The molecule has 1 fully saturated rings. The summed E-state index contributed by atoms with van der Waals surface area (Å²) in [7, 11) is 0. The molecule has 30 heavy (non-hydrogen) atoms. The standard InChI is InChI=1S/C20H24N6O4/c1-15-16(5-4-6-17(15)26(29)30)23-20(28)22-10-8-19(27)25-13-11-24(12-14-25)18-7-2-3-9-21-18/h2-7,9H,8,10-14H2,1H3,(H2,22,23,28). The molecule has 2 aromatic rings. The van der Waals surface area contributed by atoms with E-state index in [1.807, 2.05) is 18.2 Å². The summed E-state index contributed by atoms with van der Waals surface area (Å²) in [6, 6.07) is 9.72. The van der Waals surface area contributed by atoms with E-state index in [4.69, 9.17) is 0 Å². The molecular formula is C20H24N6O4. The third kappa shape index (κ3) is 5.22. The van der Waals surface area contributed by atoms with Crippen LogP contribution in [0.2, 0.25) is 0 Å². The molecule has 1 aliphatic rings. The summed E-state index contributed by atoms with van der Waals surface area (Å²) in [5.41, 5.74) is 0.672. The van der Waals surface area contributed by atoms with Crippen LogP contribution in [0.25, 0.3) is 0 Å². The number of piperazine rings is 1. The minimum Gasteiger partial charge on any atom is -0.353 e. The molecule has 2 heterocycles. The van der Waals surface area contributed by atoms with E-state index in [1.54, 1.807) is 24.1 Å². The smallest absolute Gasteiger partial charge is 0.319 e. The van der Waals surface area contributed by atoms with Crippen molar-refractivity contribution in [3.8, 4) is 0 Å². The number of aromatic nitrogens is 1. The molecule has 0 bridgehead atoms. The van der Waals surface area contributed by atoms with Gasteiger partial charge >= 0.3 is 6.03 Å². The van der Waals surface area contributed by atoms with Gasteiger partial charge in [-0.15, -0.1) is 0 Å². The second kappa shape index (κ2) is 9.68. The molecule has 3 amide bonds. The van der Waals surface area contributed by atoms with E-state index in [1.165, 1.54) is 12.1 Å². The number of nitrogens with zero attached hydrogens (tertiary/aromatic N) is 4. The number of hydrogen-bond acceptors (Lipinski definition) is 6. The number of pyridine rings is 1. The van der Waals surface area contributed by atoms with Crippen molar-refractivity contribution in [3.05, 3.63) is 58.3 Å². The zero-order chi connectivity index (χ0) is 21.5. The number of carbonyl (C=O) groups is 2. The minimum atomic E-state index is -0.508. The van der Waals surface area contributed by atoms with Crippen LogP contribution in [0.5, 0.6) is 0 Å². The first-order valence-corrected chi connectivity index (χ1v) is 9.68. The lowest BCUT2D eigenvalue weighted by Gasteiger charge is -2.35.